The standard InChI is InChI=1S/C23H30/c1-5-8-9-12-20(7-3)21-13-10-11-14-22(21)23-17-19(6-2)16-15-18(23)4/h7,9-16,23H,5-6,8,17H2,1-4H3/b12-9-,20-7?. The molecule has 0 radical (unpaired) electrons. The number of hydrogen-bond donors (Lipinski definition) is 0. The summed E-state index contributed by atoms with van der Waals surface area (Å²) in [6, 6.07) is 8.93. The summed E-state index contributed by atoms with van der Waals surface area (Å²) >= 11 is 0. The highest BCUT2D eigenvalue weighted by Gasteiger charge is 2.20. The molecule has 0 fully saturated rings. The minimum absolute atomic E-state index is 0.515. The summed E-state index contributed by atoms with van der Waals surface area (Å²) in [7, 11) is 0. The first-order valence-corrected chi connectivity index (χ1v) is 8.99. The average Bonchev–Trinajstić information content (AvgIpc) is 2.59. The minimum atomic E-state index is 0.515. The largest absolute Gasteiger partial charge is 0.0839 e. The van der Waals surface area contributed by atoms with Crippen molar-refractivity contribution in [2.45, 2.75) is 59.3 Å². The highest BCUT2D eigenvalue weighted by atomic mass is 14.2. The van der Waals surface area contributed by atoms with Gasteiger partial charge in [-0.1, -0.05) is 86.1 Å². The van der Waals surface area contributed by atoms with E-state index in [0.717, 1.165) is 19.3 Å². The Hall–Kier alpha value is -1.82. The summed E-state index contributed by atoms with van der Waals surface area (Å²) in [6.45, 7) is 8.90. The van der Waals surface area contributed by atoms with Crippen LogP contribution in [0.5, 0.6) is 0 Å². The molecule has 0 saturated carbocycles. The third-order valence-electron chi connectivity index (χ3n) is 4.76. The first-order chi connectivity index (χ1) is 11.2. The molecule has 0 aromatic heterocycles. The second-order valence-electron chi connectivity index (χ2n) is 6.37. The molecular weight excluding hydrogens is 276 g/mol. The fraction of sp³-hybridized carbons (Fsp3) is 0.391. The van der Waals surface area contributed by atoms with Crippen molar-refractivity contribution in [3.8, 4) is 0 Å². The Labute approximate surface area is 142 Å². The molecular formula is C23H30. The third-order valence-corrected chi connectivity index (χ3v) is 4.76. The molecule has 0 amide bonds. The van der Waals surface area contributed by atoms with Gasteiger partial charge in [-0.3, -0.25) is 0 Å². The van der Waals surface area contributed by atoms with E-state index < -0.39 is 0 Å². The third kappa shape index (κ3) is 4.34. The molecule has 1 atom stereocenters. The van der Waals surface area contributed by atoms with Gasteiger partial charge in [0.2, 0.25) is 0 Å². The lowest BCUT2D eigenvalue weighted by atomic mass is 9.79. The van der Waals surface area contributed by atoms with Crippen molar-refractivity contribution in [2.24, 2.45) is 0 Å². The monoisotopic (exact) mass is 306 g/mol. The molecule has 0 aliphatic heterocycles. The first-order valence-electron chi connectivity index (χ1n) is 8.99. The lowest BCUT2D eigenvalue weighted by Gasteiger charge is -2.25. The van der Waals surface area contributed by atoms with Gasteiger partial charge in [0.15, 0.2) is 0 Å². The van der Waals surface area contributed by atoms with Crippen LogP contribution in [0.1, 0.15) is 70.4 Å². The molecule has 1 aromatic rings. The summed E-state index contributed by atoms with van der Waals surface area (Å²) in [4.78, 5) is 0. The zero-order valence-corrected chi connectivity index (χ0v) is 15.1. The molecule has 1 aliphatic carbocycles. The lowest BCUT2D eigenvalue weighted by molar-refractivity contribution is 0.740. The Balaban J connectivity index is 2.38. The Bertz CT molecular complexity index is 638. The van der Waals surface area contributed by atoms with Gasteiger partial charge in [-0.25, -0.2) is 0 Å². The van der Waals surface area contributed by atoms with Crippen molar-refractivity contribution in [3.05, 3.63) is 76.9 Å². The number of rotatable bonds is 6. The summed E-state index contributed by atoms with van der Waals surface area (Å²) in [5.41, 5.74) is 7.23. The molecule has 122 valence electrons. The van der Waals surface area contributed by atoms with Crippen LogP contribution in [0.25, 0.3) is 5.57 Å². The van der Waals surface area contributed by atoms with E-state index in [4.69, 9.17) is 0 Å². The van der Waals surface area contributed by atoms with Crippen LogP contribution in [0, 0.1) is 0 Å². The van der Waals surface area contributed by atoms with Crippen molar-refractivity contribution in [3.63, 3.8) is 0 Å². The molecule has 23 heavy (non-hydrogen) atoms. The number of benzene rings is 1. The smallest absolute Gasteiger partial charge is 0.00919 e. The fourth-order valence-corrected chi connectivity index (χ4v) is 3.26. The fourth-order valence-electron chi connectivity index (χ4n) is 3.26. The Kier molecular flexibility index (Phi) is 6.65. The van der Waals surface area contributed by atoms with E-state index in [0.29, 0.717) is 5.92 Å². The van der Waals surface area contributed by atoms with Crippen LogP contribution < -0.4 is 0 Å². The SMILES string of the molecule is CC=C(/C=C\CCC)c1ccccc1C1CC(CC)=CC=C1C. The predicted molar refractivity (Wildman–Crippen MR) is 104 cm³/mol. The maximum atomic E-state index is 2.31. The van der Waals surface area contributed by atoms with Crippen molar-refractivity contribution in [1.29, 1.82) is 0 Å². The summed E-state index contributed by atoms with van der Waals surface area (Å²) in [6.07, 6.45) is 16.1. The highest BCUT2D eigenvalue weighted by Crippen LogP contribution is 2.38. The summed E-state index contributed by atoms with van der Waals surface area (Å²) < 4.78 is 0. The van der Waals surface area contributed by atoms with E-state index in [2.05, 4.69) is 82.3 Å². The molecule has 1 aromatic carbocycles. The first kappa shape index (κ1) is 17.5. The van der Waals surface area contributed by atoms with Gasteiger partial charge in [-0.05, 0) is 49.8 Å². The van der Waals surface area contributed by atoms with Gasteiger partial charge in [0.05, 0.1) is 0 Å². The van der Waals surface area contributed by atoms with Crippen molar-refractivity contribution in [2.75, 3.05) is 0 Å². The number of hydrogen-bond acceptors (Lipinski definition) is 0. The van der Waals surface area contributed by atoms with Gasteiger partial charge in [-0.15, -0.1) is 0 Å². The molecule has 0 heteroatoms. The molecule has 0 spiro atoms. The van der Waals surface area contributed by atoms with Gasteiger partial charge in [0.25, 0.3) is 0 Å². The zero-order valence-electron chi connectivity index (χ0n) is 15.1. The molecule has 0 saturated heterocycles. The minimum Gasteiger partial charge on any atom is -0.0839 e. The molecule has 0 bridgehead atoms. The van der Waals surface area contributed by atoms with Crippen LogP contribution in [-0.2, 0) is 0 Å². The summed E-state index contributed by atoms with van der Waals surface area (Å²) in [5, 5.41) is 0. The van der Waals surface area contributed by atoms with Crippen LogP contribution in [0.3, 0.4) is 0 Å². The molecule has 1 aliphatic rings. The number of unbranched alkanes of at least 4 members (excludes halogenated alkanes) is 1. The lowest BCUT2D eigenvalue weighted by Crippen LogP contribution is -2.08. The van der Waals surface area contributed by atoms with Crippen molar-refractivity contribution in [1.82, 2.24) is 0 Å². The van der Waals surface area contributed by atoms with Crippen LogP contribution >= 0.6 is 0 Å². The van der Waals surface area contributed by atoms with E-state index in [1.165, 1.54) is 28.7 Å². The number of allylic oxidation sites excluding steroid dienone is 8. The Morgan fingerprint density at radius 1 is 1.17 bits per heavy atom. The Morgan fingerprint density at radius 3 is 2.65 bits per heavy atom. The van der Waals surface area contributed by atoms with Gasteiger partial charge in [0.1, 0.15) is 0 Å². The van der Waals surface area contributed by atoms with Crippen LogP contribution in [0.2, 0.25) is 0 Å². The van der Waals surface area contributed by atoms with Crippen molar-refractivity contribution >= 4 is 5.57 Å². The maximum absolute atomic E-state index is 2.31. The van der Waals surface area contributed by atoms with Gasteiger partial charge in [0, 0.05) is 5.92 Å². The average molecular weight is 306 g/mol. The van der Waals surface area contributed by atoms with Crippen LogP contribution in [0.4, 0.5) is 0 Å². The van der Waals surface area contributed by atoms with E-state index >= 15 is 0 Å². The van der Waals surface area contributed by atoms with Gasteiger partial charge in [-0.2, -0.15) is 0 Å². The van der Waals surface area contributed by atoms with Gasteiger partial charge >= 0.3 is 0 Å². The second kappa shape index (κ2) is 8.72. The molecule has 0 nitrogen and oxygen atoms in total. The van der Waals surface area contributed by atoms with Crippen LogP contribution in [-0.4, -0.2) is 0 Å². The normalized spacial score (nSPS) is 19.0. The molecule has 0 heterocycles. The van der Waals surface area contributed by atoms with Crippen molar-refractivity contribution < 1.29 is 0 Å². The maximum Gasteiger partial charge on any atom is 0.00919 e. The summed E-state index contributed by atoms with van der Waals surface area (Å²) in [5.74, 6) is 0.515. The van der Waals surface area contributed by atoms with Gasteiger partial charge < -0.3 is 0 Å². The Morgan fingerprint density at radius 2 is 1.96 bits per heavy atom. The topological polar surface area (TPSA) is 0 Å². The quantitative estimate of drug-likeness (QED) is 0.487. The zero-order chi connectivity index (χ0) is 16.7. The molecule has 0 N–H and O–H groups in total. The molecule has 1 unspecified atom stereocenters. The van der Waals surface area contributed by atoms with E-state index in [1.807, 2.05) is 0 Å². The van der Waals surface area contributed by atoms with E-state index in [1.54, 1.807) is 5.57 Å². The highest BCUT2D eigenvalue weighted by molar-refractivity contribution is 5.76. The van der Waals surface area contributed by atoms with E-state index in [-0.39, 0.29) is 0 Å². The predicted octanol–water partition coefficient (Wildman–Crippen LogP) is 7.22. The molecule has 2 rings (SSSR count). The van der Waals surface area contributed by atoms with E-state index in [9.17, 15) is 0 Å². The van der Waals surface area contributed by atoms with Crippen LogP contribution in [0.15, 0.2) is 65.8 Å². The second-order valence-corrected chi connectivity index (χ2v) is 6.37.